The summed E-state index contributed by atoms with van der Waals surface area (Å²) >= 11 is 0. The molecule has 0 fully saturated rings. The van der Waals surface area contributed by atoms with Gasteiger partial charge in [0.05, 0.1) is 20.2 Å². The Kier molecular flexibility index (Phi) is 7.36. The number of ether oxygens (including phenoxy) is 2. The Hall–Kier alpha value is -2.45. The van der Waals surface area contributed by atoms with Gasteiger partial charge in [-0.25, -0.2) is 0 Å². The molecule has 0 saturated carbocycles. The SMILES string of the molecule is COCCCNC(=O)CN(C)Cc1noc(-c2ccc(OC)cc2)n1. The van der Waals surface area contributed by atoms with Gasteiger partial charge in [-0.05, 0) is 37.7 Å². The second kappa shape index (κ2) is 9.75. The van der Waals surface area contributed by atoms with Crippen molar-refractivity contribution in [2.75, 3.05) is 41.0 Å². The third-order valence-electron chi connectivity index (χ3n) is 3.48. The molecule has 136 valence electrons. The molecular weight excluding hydrogens is 324 g/mol. The van der Waals surface area contributed by atoms with Crippen molar-refractivity contribution in [3.63, 3.8) is 0 Å². The average molecular weight is 348 g/mol. The number of likely N-dealkylation sites (N-methyl/N-ethyl adjacent to an activating group) is 1. The maximum Gasteiger partial charge on any atom is 0.257 e. The molecule has 0 unspecified atom stereocenters. The molecule has 0 atom stereocenters. The van der Waals surface area contributed by atoms with Gasteiger partial charge in [0.2, 0.25) is 5.91 Å². The van der Waals surface area contributed by atoms with Gasteiger partial charge in [0, 0.05) is 25.8 Å². The van der Waals surface area contributed by atoms with Crippen molar-refractivity contribution in [2.24, 2.45) is 0 Å². The summed E-state index contributed by atoms with van der Waals surface area (Å²) in [6.45, 7) is 1.92. The molecule has 8 heteroatoms. The molecule has 0 spiro atoms. The summed E-state index contributed by atoms with van der Waals surface area (Å²) in [5.74, 6) is 1.69. The van der Waals surface area contributed by atoms with Gasteiger partial charge in [-0.3, -0.25) is 9.69 Å². The Balaban J connectivity index is 1.82. The fourth-order valence-electron chi connectivity index (χ4n) is 2.21. The van der Waals surface area contributed by atoms with Gasteiger partial charge >= 0.3 is 0 Å². The lowest BCUT2D eigenvalue weighted by Crippen LogP contribution is -2.35. The maximum absolute atomic E-state index is 11.8. The number of nitrogens with one attached hydrogen (secondary N) is 1. The minimum Gasteiger partial charge on any atom is -0.497 e. The number of carbonyl (C=O) groups excluding carboxylic acids is 1. The van der Waals surface area contributed by atoms with Gasteiger partial charge in [0.25, 0.3) is 5.89 Å². The number of benzene rings is 1. The van der Waals surface area contributed by atoms with E-state index in [0.717, 1.165) is 17.7 Å². The number of carbonyl (C=O) groups is 1. The largest absolute Gasteiger partial charge is 0.497 e. The molecular formula is C17H24N4O4. The monoisotopic (exact) mass is 348 g/mol. The number of amides is 1. The third kappa shape index (κ3) is 6.17. The van der Waals surface area contributed by atoms with Gasteiger partial charge < -0.3 is 19.3 Å². The fourth-order valence-corrected chi connectivity index (χ4v) is 2.21. The molecule has 0 aliphatic carbocycles. The van der Waals surface area contributed by atoms with Crippen LogP contribution in [0.25, 0.3) is 11.5 Å². The van der Waals surface area contributed by atoms with Crippen LogP contribution in [0.2, 0.25) is 0 Å². The Morgan fingerprint density at radius 1 is 1.28 bits per heavy atom. The second-order valence-electron chi connectivity index (χ2n) is 5.61. The zero-order valence-corrected chi connectivity index (χ0v) is 14.8. The molecule has 0 saturated heterocycles. The summed E-state index contributed by atoms with van der Waals surface area (Å²) in [6.07, 6.45) is 0.794. The van der Waals surface area contributed by atoms with Crippen LogP contribution in [0.5, 0.6) is 5.75 Å². The van der Waals surface area contributed by atoms with Crippen molar-refractivity contribution in [1.29, 1.82) is 0 Å². The summed E-state index contributed by atoms with van der Waals surface area (Å²) < 4.78 is 15.3. The molecule has 1 aromatic heterocycles. The molecule has 0 bridgehead atoms. The van der Waals surface area contributed by atoms with Crippen molar-refractivity contribution in [3.8, 4) is 17.2 Å². The summed E-state index contributed by atoms with van der Waals surface area (Å²) in [4.78, 5) is 18.0. The highest BCUT2D eigenvalue weighted by atomic mass is 16.5. The summed E-state index contributed by atoms with van der Waals surface area (Å²) in [5.41, 5.74) is 0.818. The van der Waals surface area contributed by atoms with E-state index in [4.69, 9.17) is 14.0 Å². The first kappa shape index (κ1) is 18.9. The van der Waals surface area contributed by atoms with E-state index in [1.54, 1.807) is 14.2 Å². The molecule has 1 amide bonds. The van der Waals surface area contributed by atoms with E-state index in [9.17, 15) is 4.79 Å². The Labute approximate surface area is 147 Å². The van der Waals surface area contributed by atoms with E-state index < -0.39 is 0 Å². The Bertz CT molecular complexity index is 657. The summed E-state index contributed by atoms with van der Waals surface area (Å²) in [6, 6.07) is 7.37. The molecule has 0 aliphatic rings. The van der Waals surface area contributed by atoms with Crippen molar-refractivity contribution in [1.82, 2.24) is 20.4 Å². The summed E-state index contributed by atoms with van der Waals surface area (Å²) in [5, 5.41) is 6.80. The minimum atomic E-state index is -0.0440. The smallest absolute Gasteiger partial charge is 0.257 e. The quantitative estimate of drug-likeness (QED) is 0.648. The zero-order chi connectivity index (χ0) is 18.1. The number of rotatable bonds is 10. The molecule has 25 heavy (non-hydrogen) atoms. The number of aromatic nitrogens is 2. The molecule has 2 rings (SSSR count). The lowest BCUT2D eigenvalue weighted by Gasteiger charge is -2.13. The van der Waals surface area contributed by atoms with Crippen LogP contribution >= 0.6 is 0 Å². The lowest BCUT2D eigenvalue weighted by molar-refractivity contribution is -0.122. The van der Waals surface area contributed by atoms with Gasteiger partial charge in [-0.1, -0.05) is 5.16 Å². The number of hydrogen-bond acceptors (Lipinski definition) is 7. The molecule has 1 aromatic carbocycles. The number of hydrogen-bond donors (Lipinski definition) is 1. The molecule has 8 nitrogen and oxygen atoms in total. The highest BCUT2D eigenvalue weighted by Crippen LogP contribution is 2.20. The fraction of sp³-hybridized carbons (Fsp3) is 0.471. The van der Waals surface area contributed by atoms with E-state index >= 15 is 0 Å². The molecule has 0 radical (unpaired) electrons. The predicted molar refractivity (Wildman–Crippen MR) is 92.1 cm³/mol. The van der Waals surface area contributed by atoms with Gasteiger partial charge in [0.1, 0.15) is 5.75 Å². The van der Waals surface area contributed by atoms with E-state index in [0.29, 0.717) is 31.4 Å². The van der Waals surface area contributed by atoms with E-state index in [1.165, 1.54) is 0 Å². The van der Waals surface area contributed by atoms with Gasteiger partial charge in [-0.15, -0.1) is 0 Å². The van der Waals surface area contributed by atoms with Crippen molar-refractivity contribution < 1.29 is 18.8 Å². The average Bonchev–Trinajstić information content (AvgIpc) is 3.07. The predicted octanol–water partition coefficient (Wildman–Crippen LogP) is 1.33. The maximum atomic E-state index is 11.8. The Morgan fingerprint density at radius 3 is 2.72 bits per heavy atom. The standard InChI is InChI=1S/C17H24N4O4/c1-21(12-16(22)18-9-4-10-23-2)11-15-19-17(25-20-15)13-5-7-14(24-3)8-6-13/h5-8H,4,9-12H2,1-3H3,(H,18,22). The van der Waals surface area contributed by atoms with Gasteiger partial charge in [0.15, 0.2) is 5.82 Å². The molecule has 1 N–H and O–H groups in total. The highest BCUT2D eigenvalue weighted by Gasteiger charge is 2.13. The highest BCUT2D eigenvalue weighted by molar-refractivity contribution is 5.77. The third-order valence-corrected chi connectivity index (χ3v) is 3.48. The first-order valence-corrected chi connectivity index (χ1v) is 8.03. The van der Waals surface area contributed by atoms with Crippen molar-refractivity contribution >= 4 is 5.91 Å². The molecule has 2 aromatic rings. The van der Waals surface area contributed by atoms with E-state index in [1.807, 2.05) is 36.2 Å². The van der Waals surface area contributed by atoms with Gasteiger partial charge in [-0.2, -0.15) is 4.98 Å². The lowest BCUT2D eigenvalue weighted by atomic mass is 10.2. The van der Waals surface area contributed by atoms with Crippen LogP contribution in [0.15, 0.2) is 28.8 Å². The van der Waals surface area contributed by atoms with Crippen LogP contribution in [0.1, 0.15) is 12.2 Å². The first-order valence-electron chi connectivity index (χ1n) is 8.03. The molecule has 1 heterocycles. The number of methoxy groups -OCH3 is 2. The first-order chi connectivity index (χ1) is 12.1. The van der Waals surface area contributed by atoms with Crippen molar-refractivity contribution in [2.45, 2.75) is 13.0 Å². The van der Waals surface area contributed by atoms with E-state index in [-0.39, 0.29) is 12.5 Å². The molecule has 0 aliphatic heterocycles. The van der Waals surface area contributed by atoms with Crippen molar-refractivity contribution in [3.05, 3.63) is 30.1 Å². The van der Waals surface area contributed by atoms with Crippen LogP contribution in [0, 0.1) is 0 Å². The zero-order valence-electron chi connectivity index (χ0n) is 14.8. The second-order valence-corrected chi connectivity index (χ2v) is 5.61. The topological polar surface area (TPSA) is 89.7 Å². The minimum absolute atomic E-state index is 0.0440. The van der Waals surface area contributed by atoms with Crippen LogP contribution in [0.3, 0.4) is 0 Å². The van der Waals surface area contributed by atoms with Crippen LogP contribution in [-0.2, 0) is 16.1 Å². The summed E-state index contributed by atoms with van der Waals surface area (Å²) in [7, 11) is 5.09. The van der Waals surface area contributed by atoms with Crippen LogP contribution < -0.4 is 10.1 Å². The Morgan fingerprint density at radius 2 is 2.04 bits per heavy atom. The van der Waals surface area contributed by atoms with Crippen LogP contribution in [0.4, 0.5) is 0 Å². The van der Waals surface area contributed by atoms with Crippen LogP contribution in [-0.4, -0.2) is 61.9 Å². The number of nitrogens with zero attached hydrogens (tertiary/aromatic N) is 3. The normalized spacial score (nSPS) is 10.9. The van der Waals surface area contributed by atoms with E-state index in [2.05, 4.69) is 15.5 Å².